The fourth-order valence-corrected chi connectivity index (χ4v) is 3.29. The Labute approximate surface area is 118 Å². The lowest BCUT2D eigenvalue weighted by Crippen LogP contribution is -2.17. The van der Waals surface area contributed by atoms with Gasteiger partial charge in [-0.05, 0) is 46.6 Å². The van der Waals surface area contributed by atoms with Crippen LogP contribution in [0.1, 0.15) is 5.56 Å². The molecule has 8 heteroatoms. The Morgan fingerprint density at radius 3 is 2.68 bits per heavy atom. The van der Waals surface area contributed by atoms with Gasteiger partial charge in [0, 0.05) is 7.05 Å². The number of nitrogens with one attached hydrogen (secondary N) is 1. The van der Waals surface area contributed by atoms with E-state index < -0.39 is 15.8 Å². The van der Waals surface area contributed by atoms with Crippen LogP contribution in [0.15, 0.2) is 33.9 Å². The molecule has 0 unspecified atom stereocenters. The number of anilines is 1. The number of rotatable bonds is 3. The fourth-order valence-electron chi connectivity index (χ4n) is 1.58. The van der Waals surface area contributed by atoms with Gasteiger partial charge in [-0.1, -0.05) is 0 Å². The topological polar surface area (TPSA) is 64.0 Å². The first-order valence-electron chi connectivity index (χ1n) is 5.28. The van der Waals surface area contributed by atoms with E-state index in [1.807, 2.05) is 0 Å². The molecule has 0 amide bonds. The summed E-state index contributed by atoms with van der Waals surface area (Å²) < 4.78 is 41.6. The van der Waals surface area contributed by atoms with Crippen molar-refractivity contribution in [3.63, 3.8) is 0 Å². The molecule has 5 nitrogen and oxygen atoms in total. The lowest BCUT2D eigenvalue weighted by molar-refractivity contribution is 0.582. The Hall–Kier alpha value is -1.41. The largest absolute Gasteiger partial charge is 0.279 e. The summed E-state index contributed by atoms with van der Waals surface area (Å²) in [5.74, 6) is -0.534. The van der Waals surface area contributed by atoms with Crippen molar-refractivity contribution in [1.82, 2.24) is 9.78 Å². The number of benzene rings is 1. The van der Waals surface area contributed by atoms with E-state index in [1.54, 1.807) is 6.92 Å². The molecule has 0 spiro atoms. The normalized spacial score (nSPS) is 11.6. The maximum atomic E-state index is 13.5. The zero-order chi connectivity index (χ0) is 14.2. The molecular formula is C11H11BrFN3O2S. The summed E-state index contributed by atoms with van der Waals surface area (Å²) in [6, 6.07) is 4.01. The van der Waals surface area contributed by atoms with Crippen LogP contribution < -0.4 is 4.72 Å². The molecule has 102 valence electrons. The van der Waals surface area contributed by atoms with E-state index >= 15 is 0 Å². The highest BCUT2D eigenvalue weighted by Gasteiger charge is 2.19. The van der Waals surface area contributed by atoms with Crippen molar-refractivity contribution in [3.05, 3.63) is 40.2 Å². The second-order valence-electron chi connectivity index (χ2n) is 3.98. The Kier molecular flexibility index (Phi) is 3.64. The molecule has 0 fully saturated rings. The van der Waals surface area contributed by atoms with Crippen molar-refractivity contribution < 1.29 is 12.8 Å². The number of hydrogen-bond donors (Lipinski definition) is 1. The summed E-state index contributed by atoms with van der Waals surface area (Å²) in [6.45, 7) is 1.69. The Balaban J connectivity index is 2.42. The molecule has 0 saturated heterocycles. The summed E-state index contributed by atoms with van der Waals surface area (Å²) in [6.07, 6.45) is 1.38. The first kappa shape index (κ1) is 14.0. The van der Waals surface area contributed by atoms with Gasteiger partial charge in [-0.15, -0.1) is 0 Å². The number of aromatic nitrogens is 2. The molecular weight excluding hydrogens is 337 g/mol. The van der Waals surface area contributed by atoms with Crippen LogP contribution in [0.25, 0.3) is 0 Å². The molecule has 1 aromatic carbocycles. The molecule has 0 radical (unpaired) electrons. The molecule has 1 heterocycles. The molecule has 0 saturated carbocycles. The number of sulfonamides is 1. The summed E-state index contributed by atoms with van der Waals surface area (Å²) in [5.41, 5.74) is 0.806. The summed E-state index contributed by atoms with van der Waals surface area (Å²) in [4.78, 5) is 0. The van der Waals surface area contributed by atoms with E-state index in [0.29, 0.717) is 5.56 Å². The molecule has 0 bridgehead atoms. The monoisotopic (exact) mass is 347 g/mol. The molecule has 2 rings (SSSR count). The van der Waals surface area contributed by atoms with Gasteiger partial charge in [-0.3, -0.25) is 9.40 Å². The van der Waals surface area contributed by atoms with Gasteiger partial charge in [0.05, 0.1) is 16.4 Å². The number of hydrogen-bond acceptors (Lipinski definition) is 3. The van der Waals surface area contributed by atoms with E-state index in [2.05, 4.69) is 25.8 Å². The predicted octanol–water partition coefficient (Wildman–Crippen LogP) is 2.43. The van der Waals surface area contributed by atoms with E-state index in [1.165, 1.54) is 30.1 Å². The zero-order valence-corrected chi connectivity index (χ0v) is 12.6. The van der Waals surface area contributed by atoms with E-state index in [0.717, 1.165) is 6.07 Å². The van der Waals surface area contributed by atoms with Crippen LogP contribution in [-0.2, 0) is 17.1 Å². The highest BCUT2D eigenvalue weighted by molar-refractivity contribution is 9.10. The summed E-state index contributed by atoms with van der Waals surface area (Å²) in [5, 5.41) is 3.80. The van der Waals surface area contributed by atoms with Gasteiger partial charge in [-0.2, -0.15) is 13.5 Å². The number of halogens is 2. The average molecular weight is 348 g/mol. The molecule has 0 aliphatic heterocycles. The van der Waals surface area contributed by atoms with Gasteiger partial charge in [0.25, 0.3) is 10.0 Å². The second-order valence-corrected chi connectivity index (χ2v) is 6.46. The minimum absolute atomic E-state index is 0.00947. The molecule has 0 aliphatic rings. The van der Waals surface area contributed by atoms with Crippen LogP contribution in [0.5, 0.6) is 0 Å². The van der Waals surface area contributed by atoms with Crippen LogP contribution in [0.3, 0.4) is 0 Å². The van der Waals surface area contributed by atoms with Gasteiger partial charge in [0.1, 0.15) is 5.82 Å². The first-order chi connectivity index (χ1) is 8.81. The third kappa shape index (κ3) is 2.79. The van der Waals surface area contributed by atoms with Gasteiger partial charge in [0.2, 0.25) is 0 Å². The average Bonchev–Trinajstić information content (AvgIpc) is 2.73. The van der Waals surface area contributed by atoms with E-state index in [-0.39, 0.29) is 15.2 Å². The highest BCUT2D eigenvalue weighted by atomic mass is 79.9. The first-order valence-corrected chi connectivity index (χ1v) is 7.55. The summed E-state index contributed by atoms with van der Waals surface area (Å²) in [7, 11) is -2.27. The van der Waals surface area contributed by atoms with Crippen molar-refractivity contribution >= 4 is 31.6 Å². The molecule has 19 heavy (non-hydrogen) atoms. The van der Waals surface area contributed by atoms with Crippen LogP contribution in [-0.4, -0.2) is 18.2 Å². The van der Waals surface area contributed by atoms with Crippen LogP contribution >= 0.6 is 15.9 Å². The number of aryl methyl sites for hydroxylation is 2. The molecule has 0 aliphatic carbocycles. The van der Waals surface area contributed by atoms with Gasteiger partial charge < -0.3 is 0 Å². The molecule has 2 aromatic rings. The Bertz CT molecular complexity index is 728. The van der Waals surface area contributed by atoms with Crippen molar-refractivity contribution in [3.8, 4) is 0 Å². The third-order valence-corrected chi connectivity index (χ3v) is 4.61. The number of nitrogens with zero attached hydrogens (tertiary/aromatic N) is 2. The van der Waals surface area contributed by atoms with Crippen molar-refractivity contribution in [1.29, 1.82) is 0 Å². The lowest BCUT2D eigenvalue weighted by atomic mass is 10.2. The predicted molar refractivity (Wildman–Crippen MR) is 72.9 cm³/mol. The van der Waals surface area contributed by atoms with Crippen LogP contribution in [0, 0.1) is 12.7 Å². The fraction of sp³-hybridized carbons (Fsp3) is 0.182. The Morgan fingerprint density at radius 2 is 2.11 bits per heavy atom. The van der Waals surface area contributed by atoms with Gasteiger partial charge in [-0.25, -0.2) is 4.39 Å². The second kappa shape index (κ2) is 4.93. The van der Waals surface area contributed by atoms with E-state index in [9.17, 15) is 12.8 Å². The zero-order valence-electron chi connectivity index (χ0n) is 10.2. The van der Waals surface area contributed by atoms with E-state index in [4.69, 9.17) is 0 Å². The van der Waals surface area contributed by atoms with Gasteiger partial charge >= 0.3 is 0 Å². The SMILES string of the molecule is Cc1cc(Br)c(F)cc1NS(=O)(=O)c1ccnn1C. The minimum atomic E-state index is -3.78. The van der Waals surface area contributed by atoms with Crippen molar-refractivity contribution in [2.75, 3.05) is 4.72 Å². The maximum Gasteiger partial charge on any atom is 0.279 e. The van der Waals surface area contributed by atoms with Crippen LogP contribution in [0.4, 0.5) is 10.1 Å². The standard InChI is InChI=1S/C11H11BrFN3O2S/c1-7-5-8(12)9(13)6-10(7)15-19(17,18)11-3-4-14-16(11)2/h3-6,15H,1-2H3. The van der Waals surface area contributed by atoms with Crippen LogP contribution in [0.2, 0.25) is 0 Å². The third-order valence-electron chi connectivity index (χ3n) is 2.56. The Morgan fingerprint density at radius 1 is 1.42 bits per heavy atom. The minimum Gasteiger partial charge on any atom is -0.278 e. The smallest absolute Gasteiger partial charge is 0.278 e. The quantitative estimate of drug-likeness (QED) is 0.927. The lowest BCUT2D eigenvalue weighted by Gasteiger charge is -2.11. The van der Waals surface area contributed by atoms with Crippen molar-refractivity contribution in [2.45, 2.75) is 11.9 Å². The summed E-state index contributed by atoms with van der Waals surface area (Å²) >= 11 is 3.04. The highest BCUT2D eigenvalue weighted by Crippen LogP contribution is 2.25. The van der Waals surface area contributed by atoms with Gasteiger partial charge in [0.15, 0.2) is 5.03 Å². The maximum absolute atomic E-state index is 13.5. The molecule has 0 atom stereocenters. The molecule has 1 aromatic heterocycles. The van der Waals surface area contributed by atoms with Crippen molar-refractivity contribution in [2.24, 2.45) is 7.05 Å². The molecule has 1 N–H and O–H groups in total.